The number of hydrogen-bond acceptors (Lipinski definition) is 4. The van der Waals surface area contributed by atoms with E-state index in [2.05, 4.69) is 23.2 Å². The molecule has 0 aliphatic carbocycles. The Bertz CT molecular complexity index is 951. The Morgan fingerprint density at radius 1 is 1.29 bits per heavy atom. The van der Waals surface area contributed by atoms with Crippen LogP contribution in [0, 0.1) is 0 Å². The second-order valence-electron chi connectivity index (χ2n) is 4.67. The summed E-state index contributed by atoms with van der Waals surface area (Å²) in [7, 11) is 0. The molecule has 0 spiro atoms. The molecule has 3 aromatic heterocycles. The number of thiazole rings is 1. The summed E-state index contributed by atoms with van der Waals surface area (Å²) < 4.78 is 3.10. The van der Waals surface area contributed by atoms with E-state index >= 15 is 0 Å². The molecule has 0 unspecified atom stereocenters. The molecule has 6 heteroatoms. The molecule has 4 rings (SSSR count). The SMILES string of the molecule is O=C(O)Cc1cnc2sc3cccc(-c4cccs4)c3n12. The number of thiophene rings is 1. The van der Waals surface area contributed by atoms with Crippen molar-refractivity contribution in [3.63, 3.8) is 0 Å². The van der Waals surface area contributed by atoms with Crippen molar-refractivity contribution in [1.29, 1.82) is 0 Å². The van der Waals surface area contributed by atoms with Gasteiger partial charge in [0.05, 0.1) is 28.5 Å². The number of carbonyl (C=O) groups is 1. The van der Waals surface area contributed by atoms with Gasteiger partial charge < -0.3 is 5.11 Å². The Hall–Kier alpha value is -2.18. The summed E-state index contributed by atoms with van der Waals surface area (Å²) >= 11 is 3.26. The minimum atomic E-state index is -0.843. The molecule has 21 heavy (non-hydrogen) atoms. The molecule has 0 aliphatic heterocycles. The zero-order valence-corrected chi connectivity index (χ0v) is 12.4. The maximum absolute atomic E-state index is 11.0. The van der Waals surface area contributed by atoms with Crippen LogP contribution in [0.3, 0.4) is 0 Å². The maximum atomic E-state index is 11.0. The first kappa shape index (κ1) is 12.6. The van der Waals surface area contributed by atoms with Gasteiger partial charge in [0.25, 0.3) is 0 Å². The number of fused-ring (bicyclic) bond motifs is 3. The molecule has 1 N–H and O–H groups in total. The second kappa shape index (κ2) is 4.68. The van der Waals surface area contributed by atoms with E-state index in [1.54, 1.807) is 28.9 Å². The first-order valence-electron chi connectivity index (χ1n) is 6.37. The van der Waals surface area contributed by atoms with Crippen molar-refractivity contribution in [3.05, 3.63) is 47.6 Å². The average molecular weight is 314 g/mol. The minimum Gasteiger partial charge on any atom is -0.481 e. The topological polar surface area (TPSA) is 54.6 Å². The number of hydrogen-bond donors (Lipinski definition) is 1. The standard InChI is InChI=1S/C15H10N2O2S2/c18-13(19)7-9-8-16-15-17(9)14-10(11-5-2-6-20-11)3-1-4-12(14)21-15/h1-6,8H,7H2,(H,18,19). The summed E-state index contributed by atoms with van der Waals surface area (Å²) in [4.78, 5) is 17.4. The fraction of sp³-hybridized carbons (Fsp3) is 0.0667. The van der Waals surface area contributed by atoms with E-state index in [0.717, 1.165) is 20.7 Å². The van der Waals surface area contributed by atoms with Gasteiger partial charge in [0.2, 0.25) is 0 Å². The highest BCUT2D eigenvalue weighted by atomic mass is 32.1. The zero-order valence-electron chi connectivity index (χ0n) is 10.8. The van der Waals surface area contributed by atoms with Crippen LogP contribution >= 0.6 is 22.7 Å². The third kappa shape index (κ3) is 1.95. The van der Waals surface area contributed by atoms with Gasteiger partial charge >= 0.3 is 5.97 Å². The normalized spacial score (nSPS) is 11.4. The quantitative estimate of drug-likeness (QED) is 0.624. The van der Waals surface area contributed by atoms with Crippen LogP contribution in [0.15, 0.2) is 41.9 Å². The molecular formula is C15H10N2O2S2. The van der Waals surface area contributed by atoms with Crippen molar-refractivity contribution in [2.75, 3.05) is 0 Å². The van der Waals surface area contributed by atoms with E-state index in [-0.39, 0.29) is 6.42 Å². The van der Waals surface area contributed by atoms with Gasteiger partial charge in [0.1, 0.15) is 0 Å². The molecule has 1 aromatic carbocycles. The summed E-state index contributed by atoms with van der Waals surface area (Å²) in [6, 6.07) is 10.3. The molecular weight excluding hydrogens is 304 g/mol. The highest BCUT2D eigenvalue weighted by Crippen LogP contribution is 2.36. The monoisotopic (exact) mass is 314 g/mol. The Labute approximate surface area is 127 Å². The van der Waals surface area contributed by atoms with Gasteiger partial charge in [-0.2, -0.15) is 0 Å². The van der Waals surface area contributed by atoms with Crippen LogP contribution in [-0.4, -0.2) is 20.5 Å². The van der Waals surface area contributed by atoms with Crippen molar-refractivity contribution >= 4 is 43.8 Å². The first-order valence-corrected chi connectivity index (χ1v) is 8.07. The number of carboxylic acid groups (broad SMARTS) is 1. The van der Waals surface area contributed by atoms with Gasteiger partial charge in [-0.3, -0.25) is 9.20 Å². The molecule has 0 amide bonds. The van der Waals surface area contributed by atoms with Crippen molar-refractivity contribution in [2.24, 2.45) is 0 Å². The summed E-state index contributed by atoms with van der Waals surface area (Å²) in [5.41, 5.74) is 2.89. The van der Waals surface area contributed by atoms with Crippen molar-refractivity contribution < 1.29 is 9.90 Å². The van der Waals surface area contributed by atoms with Crippen LogP contribution in [0.2, 0.25) is 0 Å². The summed E-state index contributed by atoms with van der Waals surface area (Å²) in [6.07, 6.45) is 1.64. The summed E-state index contributed by atoms with van der Waals surface area (Å²) in [5, 5.41) is 11.1. The molecule has 0 fully saturated rings. The lowest BCUT2D eigenvalue weighted by molar-refractivity contribution is -0.136. The lowest BCUT2D eigenvalue weighted by Gasteiger charge is -2.03. The fourth-order valence-corrected chi connectivity index (χ4v) is 4.32. The molecule has 0 saturated carbocycles. The predicted octanol–water partition coefficient (Wildman–Crippen LogP) is 3.90. The number of imidazole rings is 1. The smallest absolute Gasteiger partial charge is 0.309 e. The molecule has 0 saturated heterocycles. The Morgan fingerprint density at radius 2 is 2.19 bits per heavy atom. The molecule has 4 nitrogen and oxygen atoms in total. The van der Waals surface area contributed by atoms with Crippen LogP contribution in [0.4, 0.5) is 0 Å². The van der Waals surface area contributed by atoms with Gasteiger partial charge in [-0.1, -0.05) is 29.5 Å². The predicted molar refractivity (Wildman–Crippen MR) is 85.2 cm³/mol. The lowest BCUT2D eigenvalue weighted by Crippen LogP contribution is -2.02. The number of aliphatic carboxylic acids is 1. The number of carboxylic acids is 1. The summed E-state index contributed by atoms with van der Waals surface area (Å²) in [6.45, 7) is 0. The van der Waals surface area contributed by atoms with E-state index < -0.39 is 5.97 Å². The Balaban J connectivity index is 2.09. The second-order valence-corrected chi connectivity index (χ2v) is 6.63. The highest BCUT2D eigenvalue weighted by molar-refractivity contribution is 7.23. The third-order valence-electron chi connectivity index (χ3n) is 3.35. The van der Waals surface area contributed by atoms with Crippen molar-refractivity contribution in [2.45, 2.75) is 6.42 Å². The van der Waals surface area contributed by atoms with Gasteiger partial charge in [-0.25, -0.2) is 4.98 Å². The fourth-order valence-electron chi connectivity index (χ4n) is 2.52. The molecule has 104 valence electrons. The van der Waals surface area contributed by atoms with E-state index in [1.165, 1.54) is 4.88 Å². The zero-order chi connectivity index (χ0) is 14.4. The molecule has 0 radical (unpaired) electrons. The number of aromatic nitrogens is 2. The number of nitrogens with zero attached hydrogens (tertiary/aromatic N) is 2. The van der Waals surface area contributed by atoms with E-state index in [0.29, 0.717) is 5.69 Å². The largest absolute Gasteiger partial charge is 0.481 e. The van der Waals surface area contributed by atoms with Gasteiger partial charge in [-0.05, 0) is 17.5 Å². The number of para-hydroxylation sites is 1. The first-order chi connectivity index (χ1) is 10.2. The average Bonchev–Trinajstić information content (AvgIpc) is 3.14. The van der Waals surface area contributed by atoms with E-state index in [1.807, 2.05) is 21.9 Å². The van der Waals surface area contributed by atoms with Crippen molar-refractivity contribution in [3.8, 4) is 10.4 Å². The van der Waals surface area contributed by atoms with Crippen LogP contribution in [-0.2, 0) is 11.2 Å². The van der Waals surface area contributed by atoms with E-state index in [9.17, 15) is 4.79 Å². The number of benzene rings is 1. The van der Waals surface area contributed by atoms with Gasteiger partial charge in [-0.15, -0.1) is 11.3 Å². The third-order valence-corrected chi connectivity index (χ3v) is 5.27. The van der Waals surface area contributed by atoms with Crippen LogP contribution in [0.1, 0.15) is 5.69 Å². The number of rotatable bonds is 3. The highest BCUT2D eigenvalue weighted by Gasteiger charge is 2.16. The van der Waals surface area contributed by atoms with E-state index in [4.69, 9.17) is 5.11 Å². The minimum absolute atomic E-state index is 0.0220. The van der Waals surface area contributed by atoms with Crippen LogP contribution in [0.25, 0.3) is 25.6 Å². The van der Waals surface area contributed by atoms with Crippen LogP contribution in [0.5, 0.6) is 0 Å². The van der Waals surface area contributed by atoms with Gasteiger partial charge in [0, 0.05) is 10.4 Å². The molecule has 3 heterocycles. The Kier molecular flexibility index (Phi) is 2.80. The Morgan fingerprint density at radius 3 is 2.95 bits per heavy atom. The molecule has 0 atom stereocenters. The van der Waals surface area contributed by atoms with Gasteiger partial charge in [0.15, 0.2) is 4.96 Å². The maximum Gasteiger partial charge on any atom is 0.309 e. The molecule has 4 aromatic rings. The summed E-state index contributed by atoms with van der Waals surface area (Å²) in [5.74, 6) is -0.843. The lowest BCUT2D eigenvalue weighted by atomic mass is 10.1. The van der Waals surface area contributed by atoms with Crippen LogP contribution < -0.4 is 0 Å². The molecule has 0 bridgehead atoms. The molecule has 0 aliphatic rings. The van der Waals surface area contributed by atoms with Crippen molar-refractivity contribution in [1.82, 2.24) is 9.38 Å².